The zero-order chi connectivity index (χ0) is 12.4. The van der Waals surface area contributed by atoms with E-state index in [0.29, 0.717) is 0 Å². The summed E-state index contributed by atoms with van der Waals surface area (Å²) in [5.41, 5.74) is 0. The van der Waals surface area contributed by atoms with E-state index >= 15 is 0 Å². The van der Waals surface area contributed by atoms with Crippen molar-refractivity contribution in [2.24, 2.45) is 0 Å². The van der Waals surface area contributed by atoms with Gasteiger partial charge in [0.1, 0.15) is 6.54 Å². The molecule has 1 aliphatic heterocycles. The Morgan fingerprint density at radius 2 is 2.00 bits per heavy atom. The van der Waals surface area contributed by atoms with E-state index in [1.165, 1.54) is 4.90 Å². The molecule has 1 saturated heterocycles. The summed E-state index contributed by atoms with van der Waals surface area (Å²) in [7, 11) is 1.79. The Balaban J connectivity index is 1.96. The minimum Gasteiger partial charge on any atom is -0.480 e. The Morgan fingerprint density at radius 3 is 2.47 bits per heavy atom. The Kier molecular flexibility index (Phi) is 3.81. The normalized spacial score (nSPS) is 23.5. The number of carbonyl (C=O) groups is 2. The second-order valence-electron chi connectivity index (χ2n) is 4.66. The fraction of sp³-hybridized carbons (Fsp3) is 0.818. The molecule has 6 heteroatoms. The molecule has 1 unspecified atom stereocenters. The molecule has 2 rings (SSSR count). The predicted octanol–water partition coefficient (Wildman–Crippen LogP) is 1.09. The number of rotatable bonds is 4. The van der Waals surface area contributed by atoms with Gasteiger partial charge in [-0.25, -0.2) is 4.79 Å². The van der Waals surface area contributed by atoms with Crippen molar-refractivity contribution in [2.45, 2.75) is 31.3 Å². The van der Waals surface area contributed by atoms with Gasteiger partial charge in [0.15, 0.2) is 0 Å². The summed E-state index contributed by atoms with van der Waals surface area (Å²) in [4.78, 5) is 26.2. The number of urea groups is 1. The number of amides is 2. The van der Waals surface area contributed by atoms with Gasteiger partial charge >= 0.3 is 12.0 Å². The standard InChI is InChI=1S/C11H18N2O3S/c1-12(9-4-5-17-7-9)11(16)13(6-10(14)15)8-2-3-8/h8-9H,2-7H2,1H3,(H,14,15). The van der Waals surface area contributed by atoms with Crippen LogP contribution in [0.2, 0.25) is 0 Å². The van der Waals surface area contributed by atoms with Crippen molar-refractivity contribution in [3.05, 3.63) is 0 Å². The summed E-state index contributed by atoms with van der Waals surface area (Å²) >= 11 is 1.85. The fourth-order valence-corrected chi connectivity index (χ4v) is 3.34. The van der Waals surface area contributed by atoms with Gasteiger partial charge < -0.3 is 14.9 Å². The monoisotopic (exact) mass is 258 g/mol. The molecule has 2 fully saturated rings. The second-order valence-corrected chi connectivity index (χ2v) is 5.81. The van der Waals surface area contributed by atoms with Gasteiger partial charge in [-0.1, -0.05) is 0 Å². The SMILES string of the molecule is CN(C(=O)N(CC(=O)O)C1CC1)C1CCSC1. The molecule has 0 aromatic heterocycles. The highest BCUT2D eigenvalue weighted by molar-refractivity contribution is 7.99. The summed E-state index contributed by atoms with van der Waals surface area (Å²) in [6.07, 6.45) is 2.89. The van der Waals surface area contributed by atoms with E-state index in [-0.39, 0.29) is 24.7 Å². The van der Waals surface area contributed by atoms with Crippen LogP contribution >= 0.6 is 11.8 Å². The third-order valence-electron chi connectivity index (χ3n) is 3.29. The average molecular weight is 258 g/mol. The van der Waals surface area contributed by atoms with Crippen LogP contribution < -0.4 is 0 Å². The fourth-order valence-electron chi connectivity index (χ4n) is 2.07. The van der Waals surface area contributed by atoms with Gasteiger partial charge in [-0.3, -0.25) is 4.79 Å². The van der Waals surface area contributed by atoms with Crippen LogP contribution in [-0.2, 0) is 4.79 Å². The molecule has 0 radical (unpaired) electrons. The van der Waals surface area contributed by atoms with Crippen LogP contribution in [0.25, 0.3) is 0 Å². The Labute approximate surface area is 105 Å². The number of carbonyl (C=O) groups excluding carboxylic acids is 1. The zero-order valence-electron chi connectivity index (χ0n) is 9.96. The van der Waals surface area contributed by atoms with Gasteiger partial charge in [-0.15, -0.1) is 0 Å². The minimum atomic E-state index is -0.931. The molecule has 1 aliphatic carbocycles. The van der Waals surface area contributed by atoms with Gasteiger partial charge in [0, 0.05) is 24.9 Å². The molecule has 5 nitrogen and oxygen atoms in total. The largest absolute Gasteiger partial charge is 0.480 e. The summed E-state index contributed by atoms with van der Waals surface area (Å²) in [5, 5.41) is 8.84. The lowest BCUT2D eigenvalue weighted by atomic mass is 10.2. The van der Waals surface area contributed by atoms with Crippen LogP contribution in [0.5, 0.6) is 0 Å². The van der Waals surface area contributed by atoms with E-state index in [9.17, 15) is 9.59 Å². The lowest BCUT2D eigenvalue weighted by molar-refractivity contribution is -0.137. The Hall–Kier alpha value is -0.910. The third-order valence-corrected chi connectivity index (χ3v) is 4.44. The van der Waals surface area contributed by atoms with Gasteiger partial charge in [-0.2, -0.15) is 11.8 Å². The quantitative estimate of drug-likeness (QED) is 0.820. The summed E-state index contributed by atoms with van der Waals surface area (Å²) < 4.78 is 0. The first kappa shape index (κ1) is 12.5. The highest BCUT2D eigenvalue weighted by Crippen LogP contribution is 2.29. The van der Waals surface area contributed by atoms with Crippen LogP contribution in [0.15, 0.2) is 0 Å². The van der Waals surface area contributed by atoms with Crippen molar-refractivity contribution in [1.29, 1.82) is 0 Å². The third kappa shape index (κ3) is 3.06. The average Bonchev–Trinajstić information content (AvgIpc) is 2.98. The maximum atomic E-state index is 12.2. The molecule has 1 atom stereocenters. The highest BCUT2D eigenvalue weighted by Gasteiger charge is 2.37. The molecular weight excluding hydrogens is 240 g/mol. The van der Waals surface area contributed by atoms with Gasteiger partial charge in [0.25, 0.3) is 0 Å². The molecule has 0 spiro atoms. The number of hydrogen-bond donors (Lipinski definition) is 1. The molecule has 1 heterocycles. The zero-order valence-corrected chi connectivity index (χ0v) is 10.8. The minimum absolute atomic E-state index is 0.123. The first-order valence-corrected chi connectivity index (χ1v) is 7.08. The number of carboxylic acids is 1. The molecule has 96 valence electrons. The van der Waals surface area contributed by atoms with Crippen LogP contribution in [0.1, 0.15) is 19.3 Å². The first-order chi connectivity index (χ1) is 8.09. The van der Waals surface area contributed by atoms with Crippen LogP contribution in [0, 0.1) is 0 Å². The molecule has 2 amide bonds. The number of carboxylic acid groups (broad SMARTS) is 1. The van der Waals surface area contributed by atoms with E-state index in [0.717, 1.165) is 30.8 Å². The second kappa shape index (κ2) is 5.16. The molecule has 1 N–H and O–H groups in total. The molecular formula is C11H18N2O3S. The topological polar surface area (TPSA) is 60.9 Å². The van der Waals surface area contributed by atoms with E-state index in [1.54, 1.807) is 11.9 Å². The number of hydrogen-bond acceptors (Lipinski definition) is 3. The highest BCUT2D eigenvalue weighted by atomic mass is 32.2. The summed E-state index contributed by atoms with van der Waals surface area (Å²) in [6.45, 7) is -0.173. The molecule has 2 aliphatic rings. The van der Waals surface area contributed by atoms with Crippen molar-refractivity contribution in [1.82, 2.24) is 9.80 Å². The Bertz CT molecular complexity index is 314. The molecule has 0 aromatic rings. The number of aliphatic carboxylic acids is 1. The van der Waals surface area contributed by atoms with Crippen molar-refractivity contribution in [3.63, 3.8) is 0 Å². The van der Waals surface area contributed by atoms with Gasteiger partial charge in [-0.05, 0) is 25.0 Å². The molecule has 0 aromatic carbocycles. The van der Waals surface area contributed by atoms with E-state index in [1.807, 2.05) is 11.8 Å². The molecule has 17 heavy (non-hydrogen) atoms. The van der Waals surface area contributed by atoms with E-state index in [4.69, 9.17) is 5.11 Å². The predicted molar refractivity (Wildman–Crippen MR) is 66.3 cm³/mol. The van der Waals surface area contributed by atoms with E-state index < -0.39 is 5.97 Å². The van der Waals surface area contributed by atoms with Crippen molar-refractivity contribution in [3.8, 4) is 0 Å². The maximum Gasteiger partial charge on any atom is 0.323 e. The van der Waals surface area contributed by atoms with Crippen molar-refractivity contribution in [2.75, 3.05) is 25.1 Å². The van der Waals surface area contributed by atoms with Gasteiger partial charge in [0.05, 0.1) is 0 Å². The number of nitrogens with zero attached hydrogens (tertiary/aromatic N) is 2. The van der Waals surface area contributed by atoms with Crippen molar-refractivity contribution < 1.29 is 14.7 Å². The van der Waals surface area contributed by atoms with Crippen molar-refractivity contribution >= 4 is 23.8 Å². The van der Waals surface area contributed by atoms with Crippen LogP contribution in [0.4, 0.5) is 4.79 Å². The smallest absolute Gasteiger partial charge is 0.323 e. The van der Waals surface area contributed by atoms with Gasteiger partial charge in [0.2, 0.25) is 0 Å². The Morgan fingerprint density at radius 1 is 1.29 bits per heavy atom. The first-order valence-electron chi connectivity index (χ1n) is 5.92. The van der Waals surface area contributed by atoms with Crippen LogP contribution in [-0.4, -0.2) is 64.1 Å². The lowest BCUT2D eigenvalue weighted by Crippen LogP contribution is -2.48. The molecule has 1 saturated carbocycles. The summed E-state index contributed by atoms with van der Waals surface area (Å²) in [6, 6.07) is 0.292. The molecule has 0 bridgehead atoms. The van der Waals surface area contributed by atoms with E-state index in [2.05, 4.69) is 0 Å². The maximum absolute atomic E-state index is 12.2. The van der Waals surface area contributed by atoms with Crippen LogP contribution in [0.3, 0.4) is 0 Å². The summed E-state index contributed by atoms with van der Waals surface area (Å²) in [5.74, 6) is 1.12. The lowest BCUT2D eigenvalue weighted by Gasteiger charge is -2.30. The number of thioether (sulfide) groups is 1.